The summed E-state index contributed by atoms with van der Waals surface area (Å²) >= 11 is 0. The molecule has 0 saturated carbocycles. The summed E-state index contributed by atoms with van der Waals surface area (Å²) in [6.45, 7) is 1.26. The molecule has 2 aromatic heterocycles. The minimum atomic E-state index is -1.70. The zero-order chi connectivity index (χ0) is 23.0. The normalized spacial score (nSPS) is 25.4. The lowest BCUT2D eigenvalue weighted by Crippen LogP contribution is -2.57. The molecule has 1 aliphatic rings. The van der Waals surface area contributed by atoms with Crippen LogP contribution < -0.4 is 5.56 Å². The fourth-order valence-electron chi connectivity index (χ4n) is 3.85. The number of hydrogen-bond donors (Lipinski definition) is 4. The van der Waals surface area contributed by atoms with Gasteiger partial charge in [-0.2, -0.15) is 5.26 Å². The van der Waals surface area contributed by atoms with E-state index in [-0.39, 0.29) is 11.1 Å². The monoisotopic (exact) mass is 438 g/mol. The van der Waals surface area contributed by atoms with Crippen molar-refractivity contribution in [2.45, 2.75) is 37.6 Å². The van der Waals surface area contributed by atoms with Gasteiger partial charge in [0.15, 0.2) is 6.23 Å². The molecule has 0 amide bonds. The molecule has 4 rings (SSSR count). The van der Waals surface area contributed by atoms with Crippen LogP contribution in [0, 0.1) is 18.3 Å². The van der Waals surface area contributed by atoms with Gasteiger partial charge in [0.1, 0.15) is 41.8 Å². The smallest absolute Gasteiger partial charge is 0.271 e. The lowest BCUT2D eigenvalue weighted by atomic mass is 9.96. The Bertz CT molecular complexity index is 1190. The molecule has 0 unspecified atom stereocenters. The Hall–Kier alpha value is -3.26. The SMILES string of the molecule is Cc1ccc(-c2cc(-c3ccco3)c(C#N)c(=O)n2[C@@H]2O[C@H](CO)[C@@H](O)[C@H](O)[C@H]2O)cc1. The van der Waals surface area contributed by atoms with Gasteiger partial charge in [0, 0.05) is 5.56 Å². The third-order valence-electron chi connectivity index (χ3n) is 5.61. The standard InChI is InChI=1S/C23H22N2O7/c1-12-4-6-13(7-5-12)16-9-14(17-3-2-8-31-17)15(10-24)22(30)25(16)23-21(29)20(28)19(27)18(11-26)32-23/h2-9,18-21,23,26-29H,11H2,1H3/t18-,19-,20+,21-,23-/m1/s1. The number of nitrogens with zero attached hydrogens (tertiary/aromatic N) is 2. The van der Waals surface area contributed by atoms with E-state index in [4.69, 9.17) is 9.15 Å². The summed E-state index contributed by atoms with van der Waals surface area (Å²) in [5.41, 5.74) is 1.11. The predicted molar refractivity (Wildman–Crippen MR) is 112 cm³/mol. The molecule has 0 bridgehead atoms. The summed E-state index contributed by atoms with van der Waals surface area (Å²) in [7, 11) is 0. The molecule has 1 saturated heterocycles. The lowest BCUT2D eigenvalue weighted by Gasteiger charge is -2.41. The summed E-state index contributed by atoms with van der Waals surface area (Å²) in [6, 6.07) is 13.9. The van der Waals surface area contributed by atoms with Gasteiger partial charge >= 0.3 is 0 Å². The summed E-state index contributed by atoms with van der Waals surface area (Å²) in [5, 5.41) is 50.3. The molecule has 3 aromatic rings. The van der Waals surface area contributed by atoms with E-state index in [1.165, 1.54) is 6.26 Å². The van der Waals surface area contributed by atoms with Crippen molar-refractivity contribution in [3.63, 3.8) is 0 Å². The summed E-state index contributed by atoms with van der Waals surface area (Å²) in [6.07, 6.45) is -6.22. The van der Waals surface area contributed by atoms with Crippen LogP contribution in [0.15, 0.2) is 57.9 Å². The Balaban J connectivity index is 2.00. The van der Waals surface area contributed by atoms with E-state index in [0.717, 1.165) is 10.1 Å². The summed E-state index contributed by atoms with van der Waals surface area (Å²) < 4.78 is 12.1. The third kappa shape index (κ3) is 3.64. The van der Waals surface area contributed by atoms with Crippen LogP contribution in [0.1, 0.15) is 17.4 Å². The molecule has 166 valence electrons. The molecule has 4 N–H and O–H groups in total. The Morgan fingerprint density at radius 2 is 1.81 bits per heavy atom. The van der Waals surface area contributed by atoms with Crippen molar-refractivity contribution in [3.05, 3.63) is 70.2 Å². The van der Waals surface area contributed by atoms with Gasteiger partial charge in [-0.15, -0.1) is 0 Å². The van der Waals surface area contributed by atoms with Crippen LogP contribution >= 0.6 is 0 Å². The quantitative estimate of drug-likeness (QED) is 0.470. The fraction of sp³-hybridized carbons (Fsp3) is 0.304. The van der Waals surface area contributed by atoms with Gasteiger partial charge in [-0.1, -0.05) is 29.8 Å². The molecule has 9 nitrogen and oxygen atoms in total. The molecule has 0 aliphatic carbocycles. The lowest BCUT2D eigenvalue weighted by molar-refractivity contribution is -0.251. The van der Waals surface area contributed by atoms with Crippen LogP contribution in [0.2, 0.25) is 0 Å². The second-order valence-electron chi connectivity index (χ2n) is 7.67. The Morgan fingerprint density at radius 1 is 1.09 bits per heavy atom. The number of aromatic nitrogens is 1. The van der Waals surface area contributed by atoms with E-state index in [9.17, 15) is 30.5 Å². The average molecular weight is 438 g/mol. The number of aryl methyl sites for hydroxylation is 1. The Kier molecular flexibility index (Phi) is 5.97. The van der Waals surface area contributed by atoms with Crippen LogP contribution in [0.3, 0.4) is 0 Å². The molecule has 1 aromatic carbocycles. The highest BCUT2D eigenvalue weighted by atomic mass is 16.6. The molecule has 1 fully saturated rings. The number of nitriles is 1. The van der Waals surface area contributed by atoms with E-state index in [0.29, 0.717) is 17.0 Å². The number of rotatable bonds is 4. The number of hydrogen-bond acceptors (Lipinski definition) is 8. The molecular formula is C23H22N2O7. The minimum Gasteiger partial charge on any atom is -0.464 e. The molecule has 5 atom stereocenters. The number of aliphatic hydroxyl groups is 4. The van der Waals surface area contributed by atoms with Crippen LogP contribution in [0.4, 0.5) is 0 Å². The average Bonchev–Trinajstić information content (AvgIpc) is 3.33. The van der Waals surface area contributed by atoms with Gasteiger partial charge in [0.25, 0.3) is 5.56 Å². The van der Waals surface area contributed by atoms with E-state index >= 15 is 0 Å². The molecular weight excluding hydrogens is 416 g/mol. The maximum absolute atomic E-state index is 13.5. The van der Waals surface area contributed by atoms with Crippen molar-refractivity contribution in [2.75, 3.05) is 6.61 Å². The van der Waals surface area contributed by atoms with Crippen molar-refractivity contribution in [2.24, 2.45) is 0 Å². The van der Waals surface area contributed by atoms with E-state index < -0.39 is 42.8 Å². The maximum atomic E-state index is 13.5. The van der Waals surface area contributed by atoms with Crippen LogP contribution in [-0.2, 0) is 4.74 Å². The van der Waals surface area contributed by atoms with Crippen molar-refractivity contribution in [1.29, 1.82) is 5.26 Å². The zero-order valence-electron chi connectivity index (χ0n) is 17.1. The highest BCUT2D eigenvalue weighted by molar-refractivity contribution is 5.73. The first kappa shape index (κ1) is 22.0. The van der Waals surface area contributed by atoms with Crippen molar-refractivity contribution < 1.29 is 29.6 Å². The van der Waals surface area contributed by atoms with Crippen molar-refractivity contribution in [3.8, 4) is 28.7 Å². The number of aliphatic hydroxyl groups excluding tert-OH is 4. The van der Waals surface area contributed by atoms with E-state index in [2.05, 4.69) is 0 Å². The molecule has 0 spiro atoms. The van der Waals surface area contributed by atoms with E-state index in [1.54, 1.807) is 30.3 Å². The van der Waals surface area contributed by atoms with Gasteiger partial charge in [0.2, 0.25) is 0 Å². The van der Waals surface area contributed by atoms with E-state index in [1.807, 2.05) is 25.1 Å². The molecule has 3 heterocycles. The summed E-state index contributed by atoms with van der Waals surface area (Å²) in [4.78, 5) is 13.5. The maximum Gasteiger partial charge on any atom is 0.271 e. The second kappa shape index (κ2) is 8.70. The fourth-order valence-corrected chi connectivity index (χ4v) is 3.85. The van der Waals surface area contributed by atoms with Crippen LogP contribution in [0.5, 0.6) is 0 Å². The van der Waals surface area contributed by atoms with Gasteiger partial charge in [-0.25, -0.2) is 0 Å². The van der Waals surface area contributed by atoms with Crippen LogP contribution in [-0.4, -0.2) is 56.0 Å². The Labute approximate surface area is 183 Å². The third-order valence-corrected chi connectivity index (χ3v) is 5.61. The first-order valence-corrected chi connectivity index (χ1v) is 9.98. The van der Waals surface area contributed by atoms with Crippen LogP contribution in [0.25, 0.3) is 22.6 Å². The second-order valence-corrected chi connectivity index (χ2v) is 7.67. The van der Waals surface area contributed by atoms with Gasteiger partial charge < -0.3 is 29.6 Å². The highest BCUT2D eigenvalue weighted by Crippen LogP contribution is 2.34. The number of furan rings is 1. The van der Waals surface area contributed by atoms with Crippen molar-refractivity contribution in [1.82, 2.24) is 4.57 Å². The first-order valence-electron chi connectivity index (χ1n) is 9.98. The topological polar surface area (TPSA) is 149 Å². The van der Waals surface area contributed by atoms with Gasteiger partial charge in [-0.3, -0.25) is 9.36 Å². The first-order chi connectivity index (χ1) is 15.4. The number of benzene rings is 1. The summed E-state index contributed by atoms with van der Waals surface area (Å²) in [5.74, 6) is 0.313. The number of pyridine rings is 1. The van der Waals surface area contributed by atoms with Crippen molar-refractivity contribution >= 4 is 0 Å². The zero-order valence-corrected chi connectivity index (χ0v) is 17.1. The molecule has 0 radical (unpaired) electrons. The van der Waals surface area contributed by atoms with Gasteiger partial charge in [-0.05, 0) is 30.7 Å². The molecule has 32 heavy (non-hydrogen) atoms. The minimum absolute atomic E-state index is 0.243. The largest absolute Gasteiger partial charge is 0.464 e. The Morgan fingerprint density at radius 3 is 2.41 bits per heavy atom. The number of ether oxygens (including phenoxy) is 1. The predicted octanol–water partition coefficient (Wildman–Crippen LogP) is 0.928. The van der Waals surface area contributed by atoms with Gasteiger partial charge in [0.05, 0.1) is 18.6 Å². The molecule has 9 heteroatoms. The molecule has 1 aliphatic heterocycles. The highest BCUT2D eigenvalue weighted by Gasteiger charge is 2.45.